The number of hydrogen-bond acceptors (Lipinski definition) is 3. The number of hydrogen-bond donors (Lipinski definition) is 1. The van der Waals surface area contributed by atoms with Gasteiger partial charge in [-0.15, -0.1) is 0 Å². The van der Waals surface area contributed by atoms with Crippen LogP contribution >= 0.6 is 0 Å². The summed E-state index contributed by atoms with van der Waals surface area (Å²) in [5, 5.41) is 8.91. The zero-order chi connectivity index (χ0) is 13.7. The molecule has 0 radical (unpaired) electrons. The summed E-state index contributed by atoms with van der Waals surface area (Å²) in [6.45, 7) is 0.406. The molecule has 0 aliphatic heterocycles. The standard InChI is InChI=1S/C15H14O4.Na.H/c1-18-14-9-12(15(16)17)7-8-13(14)19-10-11-5-3-2-4-6-11;;/h2-9H,10H2,1H3,(H,16,17);;. The average molecular weight is 282 g/mol. The Labute approximate surface area is 139 Å². The van der Waals surface area contributed by atoms with Crippen molar-refractivity contribution in [3.8, 4) is 11.5 Å². The fraction of sp³-hybridized carbons (Fsp3) is 0.133. The van der Waals surface area contributed by atoms with Crippen molar-refractivity contribution in [1.29, 1.82) is 0 Å². The minimum absolute atomic E-state index is 0. The van der Waals surface area contributed by atoms with E-state index in [0.29, 0.717) is 18.1 Å². The number of carboxylic acid groups (broad SMARTS) is 1. The molecule has 0 atom stereocenters. The molecule has 20 heavy (non-hydrogen) atoms. The normalized spacial score (nSPS) is 9.45. The average Bonchev–Trinajstić information content (AvgIpc) is 2.45. The zero-order valence-corrected chi connectivity index (χ0v) is 10.5. The van der Waals surface area contributed by atoms with Gasteiger partial charge in [-0.05, 0) is 23.8 Å². The van der Waals surface area contributed by atoms with Crippen LogP contribution in [0.1, 0.15) is 15.9 Å². The Kier molecular flexibility index (Phi) is 6.58. The summed E-state index contributed by atoms with van der Waals surface area (Å²) < 4.78 is 10.8. The van der Waals surface area contributed by atoms with Gasteiger partial charge in [0.05, 0.1) is 12.7 Å². The summed E-state index contributed by atoms with van der Waals surface area (Å²) in [5.41, 5.74) is 1.20. The van der Waals surface area contributed by atoms with Crippen LogP contribution in [0.2, 0.25) is 0 Å². The van der Waals surface area contributed by atoms with Crippen molar-refractivity contribution in [2.45, 2.75) is 6.61 Å². The number of carboxylic acids is 1. The number of rotatable bonds is 5. The molecule has 0 unspecified atom stereocenters. The fourth-order valence-corrected chi connectivity index (χ4v) is 1.66. The molecule has 0 aliphatic carbocycles. The van der Waals surface area contributed by atoms with Crippen LogP contribution in [0, 0.1) is 0 Å². The van der Waals surface area contributed by atoms with Crippen molar-refractivity contribution >= 4 is 35.5 Å². The van der Waals surface area contributed by atoms with Crippen molar-refractivity contribution in [3.63, 3.8) is 0 Å². The van der Waals surface area contributed by atoms with Gasteiger partial charge in [0.25, 0.3) is 0 Å². The van der Waals surface area contributed by atoms with Crippen LogP contribution in [0.3, 0.4) is 0 Å². The topological polar surface area (TPSA) is 55.8 Å². The van der Waals surface area contributed by atoms with Gasteiger partial charge in [0, 0.05) is 0 Å². The molecule has 5 heteroatoms. The Morgan fingerprint density at radius 1 is 1.10 bits per heavy atom. The van der Waals surface area contributed by atoms with Gasteiger partial charge in [0.2, 0.25) is 0 Å². The Hall–Kier alpha value is -1.49. The summed E-state index contributed by atoms with van der Waals surface area (Å²) >= 11 is 0. The molecule has 0 aromatic heterocycles. The third-order valence-electron chi connectivity index (χ3n) is 2.65. The van der Waals surface area contributed by atoms with Crippen LogP contribution in [-0.2, 0) is 6.61 Å². The van der Waals surface area contributed by atoms with Crippen LogP contribution < -0.4 is 9.47 Å². The van der Waals surface area contributed by atoms with Crippen LogP contribution in [-0.4, -0.2) is 47.7 Å². The van der Waals surface area contributed by atoms with Gasteiger partial charge < -0.3 is 14.6 Å². The second-order valence-corrected chi connectivity index (χ2v) is 3.95. The molecule has 2 aromatic carbocycles. The van der Waals surface area contributed by atoms with E-state index in [9.17, 15) is 4.79 Å². The van der Waals surface area contributed by atoms with E-state index in [1.165, 1.54) is 19.2 Å². The third-order valence-corrected chi connectivity index (χ3v) is 2.65. The quantitative estimate of drug-likeness (QED) is 0.855. The van der Waals surface area contributed by atoms with Crippen molar-refractivity contribution < 1.29 is 19.4 Å². The second-order valence-electron chi connectivity index (χ2n) is 3.95. The minimum atomic E-state index is -0.993. The molecule has 0 fully saturated rings. The number of benzene rings is 2. The predicted molar refractivity (Wildman–Crippen MR) is 77.9 cm³/mol. The summed E-state index contributed by atoms with van der Waals surface area (Å²) in [7, 11) is 1.48. The molecule has 0 spiro atoms. The van der Waals surface area contributed by atoms with Crippen molar-refractivity contribution in [3.05, 3.63) is 59.7 Å². The van der Waals surface area contributed by atoms with Gasteiger partial charge in [0.15, 0.2) is 11.5 Å². The van der Waals surface area contributed by atoms with Gasteiger partial charge in [0.1, 0.15) is 6.61 Å². The predicted octanol–water partition coefficient (Wildman–Crippen LogP) is 2.32. The first-order chi connectivity index (χ1) is 9.20. The molecular formula is C15H15NaO4. The second kappa shape index (κ2) is 7.94. The van der Waals surface area contributed by atoms with E-state index in [1.54, 1.807) is 6.07 Å². The molecule has 0 saturated heterocycles. The van der Waals surface area contributed by atoms with Crippen LogP contribution in [0.15, 0.2) is 48.5 Å². The van der Waals surface area contributed by atoms with E-state index in [0.717, 1.165) is 5.56 Å². The van der Waals surface area contributed by atoms with Gasteiger partial charge in [-0.2, -0.15) is 0 Å². The molecule has 0 bridgehead atoms. The molecule has 2 aromatic rings. The summed E-state index contributed by atoms with van der Waals surface area (Å²) in [6.07, 6.45) is 0. The van der Waals surface area contributed by atoms with E-state index < -0.39 is 5.97 Å². The number of methoxy groups -OCH3 is 1. The van der Waals surface area contributed by atoms with E-state index in [2.05, 4.69) is 0 Å². The summed E-state index contributed by atoms with van der Waals surface area (Å²) in [4.78, 5) is 10.9. The summed E-state index contributed by atoms with van der Waals surface area (Å²) in [5.74, 6) is -0.0555. The first-order valence-electron chi connectivity index (χ1n) is 5.79. The Bertz CT molecular complexity index is 569. The molecule has 0 saturated carbocycles. The van der Waals surface area contributed by atoms with Gasteiger partial charge in [-0.1, -0.05) is 30.3 Å². The number of aromatic carboxylic acids is 1. The SMILES string of the molecule is COc1cc(C(=O)O)ccc1OCc1ccccc1.[NaH]. The Morgan fingerprint density at radius 3 is 2.40 bits per heavy atom. The van der Waals surface area contributed by atoms with Crippen LogP contribution in [0.4, 0.5) is 0 Å². The maximum absolute atomic E-state index is 10.9. The van der Waals surface area contributed by atoms with E-state index in [4.69, 9.17) is 14.6 Å². The van der Waals surface area contributed by atoms with Crippen LogP contribution in [0.5, 0.6) is 11.5 Å². The van der Waals surface area contributed by atoms with Gasteiger partial charge >= 0.3 is 35.5 Å². The number of ether oxygens (including phenoxy) is 2. The van der Waals surface area contributed by atoms with Crippen molar-refractivity contribution in [2.24, 2.45) is 0 Å². The van der Waals surface area contributed by atoms with Gasteiger partial charge in [-0.25, -0.2) is 4.79 Å². The molecule has 100 valence electrons. The first-order valence-corrected chi connectivity index (χ1v) is 5.79. The van der Waals surface area contributed by atoms with E-state index in [-0.39, 0.29) is 35.1 Å². The molecule has 2 rings (SSSR count). The molecule has 0 heterocycles. The summed E-state index contributed by atoms with van der Waals surface area (Å²) in [6, 6.07) is 14.3. The Balaban J connectivity index is 0.00000200. The number of carbonyl (C=O) groups is 1. The monoisotopic (exact) mass is 282 g/mol. The molecule has 0 aliphatic rings. The zero-order valence-electron chi connectivity index (χ0n) is 10.5. The molecule has 1 N–H and O–H groups in total. The van der Waals surface area contributed by atoms with E-state index >= 15 is 0 Å². The molecular weight excluding hydrogens is 267 g/mol. The van der Waals surface area contributed by atoms with Crippen molar-refractivity contribution in [2.75, 3.05) is 7.11 Å². The molecule has 0 amide bonds. The Morgan fingerprint density at radius 2 is 1.80 bits per heavy atom. The van der Waals surface area contributed by atoms with Crippen molar-refractivity contribution in [1.82, 2.24) is 0 Å². The first kappa shape index (κ1) is 16.6. The third kappa shape index (κ3) is 4.27. The van der Waals surface area contributed by atoms with Crippen LogP contribution in [0.25, 0.3) is 0 Å². The van der Waals surface area contributed by atoms with E-state index in [1.807, 2.05) is 30.3 Å². The molecule has 4 nitrogen and oxygen atoms in total. The fourth-order valence-electron chi connectivity index (χ4n) is 1.66. The maximum atomic E-state index is 10.9. The van der Waals surface area contributed by atoms with Gasteiger partial charge in [-0.3, -0.25) is 0 Å².